The number of furan rings is 1. The summed E-state index contributed by atoms with van der Waals surface area (Å²) in [5.41, 5.74) is 6.93. The summed E-state index contributed by atoms with van der Waals surface area (Å²) in [6.45, 7) is 8.86. The second kappa shape index (κ2) is 6.45. The molecule has 0 saturated carbocycles. The third-order valence-corrected chi connectivity index (χ3v) is 4.68. The van der Waals surface area contributed by atoms with E-state index in [2.05, 4.69) is 69.1 Å². The molecule has 2 heterocycles. The van der Waals surface area contributed by atoms with Crippen LogP contribution in [0.1, 0.15) is 31.9 Å². The number of fused-ring (bicyclic) bond motifs is 3. The van der Waals surface area contributed by atoms with Gasteiger partial charge in [0.15, 0.2) is 6.20 Å². The summed E-state index contributed by atoms with van der Waals surface area (Å²) in [7, 11) is 0. The molecule has 1 N–H and O–H groups in total. The summed E-state index contributed by atoms with van der Waals surface area (Å²) in [5.74, 6) is 0. The lowest BCUT2D eigenvalue weighted by Gasteiger charge is -2.18. The second-order valence-corrected chi connectivity index (χ2v) is 7.50. The summed E-state index contributed by atoms with van der Waals surface area (Å²) in [5, 5.41) is 2.33. The molecular weight excluding hydrogens is 421 g/mol. The van der Waals surface area contributed by atoms with Crippen LogP contribution in [0.25, 0.3) is 33.2 Å². The fourth-order valence-electron chi connectivity index (χ4n) is 3.25. The van der Waals surface area contributed by atoms with Crippen molar-refractivity contribution in [3.05, 3.63) is 65.9 Å². The Kier molecular flexibility index (Phi) is 4.62. The van der Waals surface area contributed by atoms with Crippen LogP contribution >= 0.6 is 0 Å². The zero-order valence-electron chi connectivity index (χ0n) is 15.0. The number of para-hydroxylation sites is 1. The van der Waals surface area contributed by atoms with E-state index in [9.17, 15) is 0 Å². The molecule has 2 aromatic heterocycles. The van der Waals surface area contributed by atoms with E-state index in [0.29, 0.717) is 0 Å². The first-order valence-electron chi connectivity index (χ1n) is 8.38. The van der Waals surface area contributed by atoms with Crippen molar-refractivity contribution in [3.63, 3.8) is 0 Å². The minimum Gasteiger partial charge on any atom is -1.00 e. The monoisotopic (exact) mass is 443 g/mol. The van der Waals surface area contributed by atoms with Crippen molar-refractivity contribution in [1.29, 1.82) is 0 Å². The minimum atomic E-state index is 0. The van der Waals surface area contributed by atoms with E-state index in [1.807, 2.05) is 18.3 Å². The van der Waals surface area contributed by atoms with Crippen molar-refractivity contribution in [3.8, 4) is 11.3 Å². The van der Waals surface area contributed by atoms with Crippen molar-refractivity contribution in [2.45, 2.75) is 33.1 Å². The molecule has 0 radical (unpaired) electrons. The molecule has 0 saturated heterocycles. The maximum absolute atomic E-state index is 5.99. The largest absolute Gasteiger partial charge is 1.00 e. The molecule has 2 aromatic carbocycles. The molecule has 0 atom stereocenters. The van der Waals surface area contributed by atoms with Crippen LogP contribution in [0.4, 0.5) is 0 Å². The molecule has 0 aliphatic rings. The van der Waals surface area contributed by atoms with Gasteiger partial charge in [0.05, 0.1) is 0 Å². The third-order valence-electron chi connectivity index (χ3n) is 4.68. The number of hydrogen-bond acceptors (Lipinski definition) is 1. The van der Waals surface area contributed by atoms with Gasteiger partial charge in [-0.25, -0.2) is 4.98 Å². The summed E-state index contributed by atoms with van der Waals surface area (Å²) in [6, 6.07) is 17.0. The summed E-state index contributed by atoms with van der Waals surface area (Å²) >= 11 is 0. The maximum atomic E-state index is 5.99. The predicted molar refractivity (Wildman–Crippen MR) is 99.1 cm³/mol. The van der Waals surface area contributed by atoms with Gasteiger partial charge in [0.1, 0.15) is 11.2 Å². The standard InChI is InChI=1S/C22H21NO.HI/c1-14-11-21-18(16-7-5-6-8-20(16)24-21)13-17(14)19-12-15(9-10-23-19)22(2,3)4;/h5-13H,1-4H3;1H. The predicted octanol–water partition coefficient (Wildman–Crippen LogP) is 2.68. The van der Waals surface area contributed by atoms with Gasteiger partial charge in [0.25, 0.3) is 0 Å². The van der Waals surface area contributed by atoms with Gasteiger partial charge in [0, 0.05) is 28.5 Å². The second-order valence-electron chi connectivity index (χ2n) is 7.50. The topological polar surface area (TPSA) is 27.3 Å². The quantitative estimate of drug-likeness (QED) is 0.416. The van der Waals surface area contributed by atoms with Crippen LogP contribution in [-0.2, 0) is 5.41 Å². The van der Waals surface area contributed by atoms with Crippen LogP contribution < -0.4 is 29.0 Å². The van der Waals surface area contributed by atoms with Crippen molar-refractivity contribution in [1.82, 2.24) is 0 Å². The average molecular weight is 443 g/mol. The van der Waals surface area contributed by atoms with E-state index >= 15 is 0 Å². The Balaban J connectivity index is 0.00000182. The van der Waals surface area contributed by atoms with Crippen molar-refractivity contribution < 1.29 is 33.4 Å². The van der Waals surface area contributed by atoms with E-state index in [0.717, 1.165) is 16.9 Å². The number of H-pyrrole nitrogens is 1. The number of aromatic amines is 1. The Labute approximate surface area is 165 Å². The number of aromatic nitrogens is 1. The lowest BCUT2D eigenvalue weighted by atomic mass is 9.86. The van der Waals surface area contributed by atoms with Crippen LogP contribution in [0, 0.1) is 6.92 Å². The number of benzene rings is 2. The summed E-state index contributed by atoms with van der Waals surface area (Å²) in [6.07, 6.45) is 2.03. The summed E-state index contributed by atoms with van der Waals surface area (Å²) in [4.78, 5) is 3.41. The third kappa shape index (κ3) is 3.17. The molecule has 0 bridgehead atoms. The fourth-order valence-corrected chi connectivity index (χ4v) is 3.25. The van der Waals surface area contributed by atoms with Gasteiger partial charge in [-0.3, -0.25) is 0 Å². The Morgan fingerprint density at radius 3 is 2.40 bits per heavy atom. The SMILES string of the molecule is Cc1cc2oc3ccccc3c2cc1-c1cc(C(C)(C)C)cc[nH+]1.[I-]. The Morgan fingerprint density at radius 1 is 0.880 bits per heavy atom. The van der Waals surface area contributed by atoms with Gasteiger partial charge in [0.2, 0.25) is 5.69 Å². The molecule has 4 aromatic rings. The molecule has 0 unspecified atom stereocenters. The molecule has 0 aliphatic carbocycles. The Morgan fingerprint density at radius 2 is 1.64 bits per heavy atom. The van der Waals surface area contributed by atoms with Gasteiger partial charge in [-0.2, -0.15) is 0 Å². The van der Waals surface area contributed by atoms with E-state index in [1.54, 1.807) is 0 Å². The smallest absolute Gasteiger partial charge is 0.211 e. The van der Waals surface area contributed by atoms with E-state index < -0.39 is 0 Å². The average Bonchev–Trinajstić information content (AvgIpc) is 2.90. The van der Waals surface area contributed by atoms with Crippen LogP contribution in [0.2, 0.25) is 0 Å². The number of aryl methyl sites for hydroxylation is 1. The molecule has 2 nitrogen and oxygen atoms in total. The summed E-state index contributed by atoms with van der Waals surface area (Å²) < 4.78 is 5.99. The highest BCUT2D eigenvalue weighted by Crippen LogP contribution is 2.34. The first kappa shape index (κ1) is 17.9. The highest BCUT2D eigenvalue weighted by molar-refractivity contribution is 6.06. The lowest BCUT2D eigenvalue weighted by Crippen LogP contribution is -3.00. The lowest BCUT2D eigenvalue weighted by molar-refractivity contribution is -0.364. The Bertz CT molecular complexity index is 1060. The highest BCUT2D eigenvalue weighted by atomic mass is 127. The molecule has 0 amide bonds. The van der Waals surface area contributed by atoms with Gasteiger partial charge in [-0.05, 0) is 41.7 Å². The molecule has 4 rings (SSSR count). The first-order chi connectivity index (χ1) is 11.4. The molecular formula is C22H22INO. The number of pyridine rings is 1. The number of hydrogen-bond donors (Lipinski definition) is 0. The first-order valence-corrected chi connectivity index (χ1v) is 8.38. The van der Waals surface area contributed by atoms with Crippen LogP contribution in [0.15, 0.2) is 59.1 Å². The molecule has 0 fully saturated rings. The van der Waals surface area contributed by atoms with E-state index in [4.69, 9.17) is 4.42 Å². The van der Waals surface area contributed by atoms with Gasteiger partial charge < -0.3 is 28.4 Å². The van der Waals surface area contributed by atoms with Crippen LogP contribution in [0.3, 0.4) is 0 Å². The van der Waals surface area contributed by atoms with Crippen LogP contribution in [0.5, 0.6) is 0 Å². The van der Waals surface area contributed by atoms with Crippen molar-refractivity contribution in [2.24, 2.45) is 0 Å². The van der Waals surface area contributed by atoms with Crippen molar-refractivity contribution in [2.75, 3.05) is 0 Å². The highest BCUT2D eigenvalue weighted by Gasteiger charge is 2.19. The van der Waals surface area contributed by atoms with Crippen LogP contribution in [-0.4, -0.2) is 0 Å². The van der Waals surface area contributed by atoms with Gasteiger partial charge in [-0.15, -0.1) is 0 Å². The molecule has 0 spiro atoms. The van der Waals surface area contributed by atoms with Gasteiger partial charge >= 0.3 is 0 Å². The Hall–Kier alpha value is -1.88. The molecule has 128 valence electrons. The molecule has 3 heteroatoms. The normalized spacial score (nSPS) is 11.7. The van der Waals surface area contributed by atoms with E-state index in [-0.39, 0.29) is 29.4 Å². The number of halogens is 1. The van der Waals surface area contributed by atoms with Crippen molar-refractivity contribution >= 4 is 21.9 Å². The maximum Gasteiger partial charge on any atom is 0.211 e. The van der Waals surface area contributed by atoms with Gasteiger partial charge in [-0.1, -0.05) is 39.0 Å². The molecule has 25 heavy (non-hydrogen) atoms. The zero-order valence-corrected chi connectivity index (χ0v) is 17.1. The fraction of sp³-hybridized carbons (Fsp3) is 0.227. The number of nitrogens with one attached hydrogen (secondary N) is 1. The number of rotatable bonds is 1. The molecule has 0 aliphatic heterocycles. The zero-order chi connectivity index (χ0) is 16.9. The minimum absolute atomic E-state index is 0. The van der Waals surface area contributed by atoms with E-state index in [1.165, 1.54) is 27.5 Å².